The highest BCUT2D eigenvalue weighted by atomic mass is 35.5. The van der Waals surface area contributed by atoms with E-state index in [0.29, 0.717) is 13.2 Å². The molecule has 1 aromatic rings. The van der Waals surface area contributed by atoms with Gasteiger partial charge in [-0.3, -0.25) is 4.79 Å². The molecule has 3 N–H and O–H groups in total. The first-order valence-electron chi connectivity index (χ1n) is 6.39. The summed E-state index contributed by atoms with van der Waals surface area (Å²) in [6.45, 7) is 2.89. The normalized spacial score (nSPS) is 23.5. The van der Waals surface area contributed by atoms with Crippen LogP contribution in [0.5, 0.6) is 0 Å². The van der Waals surface area contributed by atoms with Gasteiger partial charge in [0.15, 0.2) is 0 Å². The topological polar surface area (TPSA) is 64.4 Å². The predicted octanol–water partition coefficient (Wildman–Crippen LogP) is 1.65. The Balaban J connectivity index is 0.00000180. The molecule has 4 nitrogen and oxygen atoms in total. The van der Waals surface area contributed by atoms with Crippen LogP contribution in [0.25, 0.3) is 0 Å². The summed E-state index contributed by atoms with van der Waals surface area (Å²) < 4.78 is 5.72. The summed E-state index contributed by atoms with van der Waals surface area (Å²) in [5.41, 5.74) is 6.61. The minimum Gasteiger partial charge on any atom is -0.371 e. The first-order valence-corrected chi connectivity index (χ1v) is 6.39. The lowest BCUT2D eigenvalue weighted by atomic mass is 10.0. The summed E-state index contributed by atoms with van der Waals surface area (Å²) in [5, 5.41) is 3.03. The molecule has 19 heavy (non-hydrogen) atoms. The molecule has 0 radical (unpaired) electrons. The third-order valence-electron chi connectivity index (χ3n) is 3.35. The van der Waals surface area contributed by atoms with Crippen molar-refractivity contribution in [3.8, 4) is 0 Å². The number of rotatable bonds is 4. The van der Waals surface area contributed by atoms with Crippen LogP contribution < -0.4 is 11.1 Å². The van der Waals surface area contributed by atoms with E-state index in [1.807, 2.05) is 37.3 Å². The maximum absolute atomic E-state index is 11.9. The van der Waals surface area contributed by atoms with Crippen LogP contribution in [0.1, 0.15) is 25.0 Å². The molecule has 2 rings (SSSR count). The molecular weight excluding hydrogens is 264 g/mol. The minimum absolute atomic E-state index is 0. The fourth-order valence-electron chi connectivity index (χ4n) is 2.14. The molecule has 3 atom stereocenters. The number of amides is 1. The monoisotopic (exact) mass is 284 g/mol. The molecule has 106 valence electrons. The molecule has 5 heteroatoms. The molecule has 1 aliphatic heterocycles. The lowest BCUT2D eigenvalue weighted by Crippen LogP contribution is -2.41. The van der Waals surface area contributed by atoms with E-state index in [-0.39, 0.29) is 36.4 Å². The van der Waals surface area contributed by atoms with Gasteiger partial charge in [0, 0.05) is 19.1 Å². The smallest absolute Gasteiger partial charge is 0.224 e. The van der Waals surface area contributed by atoms with Crippen molar-refractivity contribution in [2.75, 3.05) is 13.2 Å². The molecule has 1 heterocycles. The Labute approximate surface area is 120 Å². The molecule has 1 fully saturated rings. The third kappa shape index (κ3) is 3.93. The molecule has 3 unspecified atom stereocenters. The van der Waals surface area contributed by atoms with Gasteiger partial charge in [0.05, 0.1) is 6.04 Å². The second-order valence-corrected chi connectivity index (χ2v) is 4.74. The quantitative estimate of drug-likeness (QED) is 0.884. The van der Waals surface area contributed by atoms with E-state index in [4.69, 9.17) is 10.5 Å². The largest absolute Gasteiger partial charge is 0.371 e. The predicted molar refractivity (Wildman–Crippen MR) is 77.1 cm³/mol. The third-order valence-corrected chi connectivity index (χ3v) is 3.35. The van der Waals surface area contributed by atoms with Gasteiger partial charge < -0.3 is 15.8 Å². The highest BCUT2D eigenvalue weighted by Crippen LogP contribution is 2.29. The average molecular weight is 285 g/mol. The van der Waals surface area contributed by atoms with Gasteiger partial charge >= 0.3 is 0 Å². The number of halogens is 1. The van der Waals surface area contributed by atoms with Crippen molar-refractivity contribution >= 4 is 18.3 Å². The first kappa shape index (κ1) is 16.0. The van der Waals surface area contributed by atoms with Crippen molar-refractivity contribution in [2.24, 2.45) is 11.7 Å². The molecule has 1 aromatic carbocycles. The molecule has 0 aromatic heterocycles. The molecule has 0 spiro atoms. The zero-order chi connectivity index (χ0) is 13.0. The first-order chi connectivity index (χ1) is 8.72. The zero-order valence-electron chi connectivity index (χ0n) is 11.0. The summed E-state index contributed by atoms with van der Waals surface area (Å²) in [4.78, 5) is 11.9. The van der Waals surface area contributed by atoms with Crippen molar-refractivity contribution in [1.82, 2.24) is 5.32 Å². The van der Waals surface area contributed by atoms with Gasteiger partial charge in [-0.15, -0.1) is 12.4 Å². The fourth-order valence-corrected chi connectivity index (χ4v) is 2.14. The van der Waals surface area contributed by atoms with Gasteiger partial charge in [-0.05, 0) is 12.0 Å². The van der Waals surface area contributed by atoms with Crippen molar-refractivity contribution in [2.45, 2.75) is 25.5 Å². The maximum Gasteiger partial charge on any atom is 0.224 e. The molecule has 0 bridgehead atoms. The molecule has 1 amide bonds. The molecule has 1 saturated heterocycles. The van der Waals surface area contributed by atoms with E-state index in [1.54, 1.807) is 0 Å². The number of nitrogens with two attached hydrogens (primary N) is 1. The number of ether oxygens (including phenoxy) is 1. The van der Waals surface area contributed by atoms with E-state index >= 15 is 0 Å². The Morgan fingerprint density at radius 2 is 2.16 bits per heavy atom. The number of benzene rings is 1. The van der Waals surface area contributed by atoms with Gasteiger partial charge in [0.25, 0.3) is 0 Å². The molecule has 0 saturated carbocycles. The second kappa shape index (κ2) is 7.48. The number of hydrogen-bond donors (Lipinski definition) is 2. The van der Waals surface area contributed by atoms with Crippen LogP contribution in [0.15, 0.2) is 30.3 Å². The van der Waals surface area contributed by atoms with Crippen LogP contribution in [-0.2, 0) is 9.53 Å². The van der Waals surface area contributed by atoms with Crippen molar-refractivity contribution in [1.29, 1.82) is 0 Å². The summed E-state index contributed by atoms with van der Waals surface area (Å²) >= 11 is 0. The molecular formula is C14H21ClN2O2. The Morgan fingerprint density at radius 1 is 1.47 bits per heavy atom. The number of nitrogens with one attached hydrogen (secondary N) is 1. The van der Waals surface area contributed by atoms with Gasteiger partial charge in [0.1, 0.15) is 6.10 Å². The van der Waals surface area contributed by atoms with E-state index in [9.17, 15) is 4.79 Å². The van der Waals surface area contributed by atoms with Crippen LogP contribution in [0.2, 0.25) is 0 Å². The van der Waals surface area contributed by atoms with Crippen LogP contribution in [0, 0.1) is 5.92 Å². The highest BCUT2D eigenvalue weighted by molar-refractivity contribution is 5.85. The van der Waals surface area contributed by atoms with Crippen molar-refractivity contribution < 1.29 is 9.53 Å². The summed E-state index contributed by atoms with van der Waals surface area (Å²) in [6, 6.07) is 10.1. The lowest BCUT2D eigenvalue weighted by Gasteiger charge is -2.21. The van der Waals surface area contributed by atoms with E-state index in [2.05, 4.69) is 5.32 Å². The Kier molecular flexibility index (Phi) is 6.28. The van der Waals surface area contributed by atoms with Gasteiger partial charge in [-0.1, -0.05) is 37.3 Å². The fraction of sp³-hybridized carbons (Fsp3) is 0.500. The summed E-state index contributed by atoms with van der Waals surface area (Å²) in [5.74, 6) is -0.143. The lowest BCUT2D eigenvalue weighted by molar-refractivity contribution is -0.125. The second-order valence-electron chi connectivity index (χ2n) is 4.74. The van der Waals surface area contributed by atoms with Crippen molar-refractivity contribution in [3.05, 3.63) is 35.9 Å². The molecule has 0 aliphatic carbocycles. The van der Waals surface area contributed by atoms with Crippen LogP contribution in [0.4, 0.5) is 0 Å². The minimum atomic E-state index is -0.151. The zero-order valence-corrected chi connectivity index (χ0v) is 11.9. The Morgan fingerprint density at radius 3 is 2.79 bits per heavy atom. The van der Waals surface area contributed by atoms with Crippen molar-refractivity contribution in [3.63, 3.8) is 0 Å². The van der Waals surface area contributed by atoms with Gasteiger partial charge in [-0.2, -0.15) is 0 Å². The SMILES string of the molecule is CC(CN)C(=O)NC1CCOC1c1ccccc1.Cl. The number of hydrogen-bond acceptors (Lipinski definition) is 3. The van der Waals surface area contributed by atoms with Gasteiger partial charge in [-0.25, -0.2) is 0 Å². The molecule has 1 aliphatic rings. The van der Waals surface area contributed by atoms with E-state index < -0.39 is 0 Å². The van der Waals surface area contributed by atoms with E-state index in [0.717, 1.165) is 12.0 Å². The number of carbonyl (C=O) groups is 1. The number of carbonyl (C=O) groups excluding carboxylic acids is 1. The Hall–Kier alpha value is -1.10. The average Bonchev–Trinajstić information content (AvgIpc) is 2.86. The standard InChI is InChI=1S/C14H20N2O2.ClH/c1-10(9-15)14(17)16-12-7-8-18-13(12)11-5-3-2-4-6-11;/h2-6,10,12-13H,7-9,15H2,1H3,(H,16,17);1H. The summed E-state index contributed by atoms with van der Waals surface area (Å²) in [6.07, 6.45) is 0.808. The van der Waals surface area contributed by atoms with Crippen LogP contribution in [-0.4, -0.2) is 25.1 Å². The highest BCUT2D eigenvalue weighted by Gasteiger charge is 2.31. The Bertz CT molecular complexity index is 400. The summed E-state index contributed by atoms with van der Waals surface area (Å²) in [7, 11) is 0. The van der Waals surface area contributed by atoms with E-state index in [1.165, 1.54) is 0 Å². The van der Waals surface area contributed by atoms with Crippen LogP contribution >= 0.6 is 12.4 Å². The van der Waals surface area contributed by atoms with Crippen LogP contribution in [0.3, 0.4) is 0 Å². The maximum atomic E-state index is 11.9. The van der Waals surface area contributed by atoms with Gasteiger partial charge in [0.2, 0.25) is 5.91 Å².